The van der Waals surface area contributed by atoms with Crippen LogP contribution in [0.25, 0.3) is 0 Å². The summed E-state index contributed by atoms with van der Waals surface area (Å²) in [6.07, 6.45) is -5.81. The van der Waals surface area contributed by atoms with Crippen molar-refractivity contribution >= 4 is 35.7 Å². The fourth-order valence-electron chi connectivity index (χ4n) is 3.90. The zero-order valence-corrected chi connectivity index (χ0v) is 18.8. The van der Waals surface area contributed by atoms with Crippen LogP contribution < -0.4 is 0 Å². The second kappa shape index (κ2) is 10.00. The first-order valence-corrected chi connectivity index (χ1v) is 10.3. The first kappa shape index (κ1) is 24.8. The SMILES string of the molecule is CC(=O)OCC1O[C@@H](OC(C)=O)[C@@H](N2C(=O)c3ccccc3C2=O)C(OC(C)=O)[C@@H]1OC(C)=O. The maximum absolute atomic E-state index is 13.2. The lowest BCUT2D eigenvalue weighted by Gasteiger charge is -2.46. The van der Waals surface area contributed by atoms with E-state index in [-0.39, 0.29) is 11.1 Å². The van der Waals surface area contributed by atoms with Crippen LogP contribution >= 0.6 is 0 Å². The Balaban J connectivity index is 2.11. The molecule has 0 aromatic heterocycles. The summed E-state index contributed by atoms with van der Waals surface area (Å²) in [7, 11) is 0. The van der Waals surface area contributed by atoms with Crippen molar-refractivity contribution in [3.8, 4) is 0 Å². The number of carbonyl (C=O) groups is 6. The lowest BCUT2D eigenvalue weighted by atomic mass is 9.94. The fraction of sp³-hybridized carbons (Fsp3) is 0.455. The number of ether oxygens (including phenoxy) is 5. The van der Waals surface area contributed by atoms with E-state index in [2.05, 4.69) is 0 Å². The van der Waals surface area contributed by atoms with E-state index in [1.807, 2.05) is 0 Å². The molecular formula is C22H23NO11. The molecule has 2 unspecified atom stereocenters. The molecule has 182 valence electrons. The molecular weight excluding hydrogens is 454 g/mol. The smallest absolute Gasteiger partial charge is 0.305 e. The molecule has 1 fully saturated rings. The Morgan fingerprint density at radius 3 is 1.76 bits per heavy atom. The van der Waals surface area contributed by atoms with Gasteiger partial charge in [0.15, 0.2) is 12.2 Å². The van der Waals surface area contributed by atoms with Crippen LogP contribution in [0.3, 0.4) is 0 Å². The molecule has 12 nitrogen and oxygen atoms in total. The molecule has 1 aromatic rings. The van der Waals surface area contributed by atoms with Crippen LogP contribution in [-0.4, -0.2) is 77.8 Å². The Morgan fingerprint density at radius 2 is 1.29 bits per heavy atom. The highest BCUT2D eigenvalue weighted by atomic mass is 16.7. The minimum absolute atomic E-state index is 0.0849. The van der Waals surface area contributed by atoms with Crippen LogP contribution in [-0.2, 0) is 42.9 Å². The zero-order chi connectivity index (χ0) is 25.2. The van der Waals surface area contributed by atoms with Gasteiger partial charge in [0.2, 0.25) is 6.29 Å². The third kappa shape index (κ3) is 5.06. The van der Waals surface area contributed by atoms with Crippen molar-refractivity contribution in [2.75, 3.05) is 6.61 Å². The van der Waals surface area contributed by atoms with Gasteiger partial charge in [-0.3, -0.25) is 33.7 Å². The Hall–Kier alpha value is -3.80. The van der Waals surface area contributed by atoms with Gasteiger partial charge < -0.3 is 23.7 Å². The van der Waals surface area contributed by atoms with Gasteiger partial charge in [0.1, 0.15) is 18.8 Å². The van der Waals surface area contributed by atoms with E-state index >= 15 is 0 Å². The number of rotatable bonds is 6. The largest absolute Gasteiger partial charge is 0.463 e. The van der Waals surface area contributed by atoms with Crippen LogP contribution in [0, 0.1) is 0 Å². The molecule has 2 aliphatic rings. The van der Waals surface area contributed by atoms with Crippen molar-refractivity contribution in [2.24, 2.45) is 0 Å². The number of carbonyl (C=O) groups excluding carboxylic acids is 6. The summed E-state index contributed by atoms with van der Waals surface area (Å²) in [6.45, 7) is 3.91. The number of hydrogen-bond donors (Lipinski definition) is 0. The van der Waals surface area contributed by atoms with Crippen molar-refractivity contribution in [1.29, 1.82) is 0 Å². The molecule has 3 rings (SSSR count). The van der Waals surface area contributed by atoms with Gasteiger partial charge in [0.05, 0.1) is 11.1 Å². The van der Waals surface area contributed by atoms with Gasteiger partial charge in [-0.1, -0.05) is 12.1 Å². The number of fused-ring (bicyclic) bond motifs is 1. The van der Waals surface area contributed by atoms with Crippen LogP contribution in [0.1, 0.15) is 48.4 Å². The predicted molar refractivity (Wildman–Crippen MR) is 109 cm³/mol. The van der Waals surface area contributed by atoms with Gasteiger partial charge in [-0.05, 0) is 12.1 Å². The fourth-order valence-corrected chi connectivity index (χ4v) is 3.90. The van der Waals surface area contributed by atoms with E-state index in [9.17, 15) is 28.8 Å². The summed E-state index contributed by atoms with van der Waals surface area (Å²) in [6, 6.07) is 4.49. The van der Waals surface area contributed by atoms with E-state index in [0.717, 1.165) is 32.6 Å². The molecule has 0 saturated carbocycles. The van der Waals surface area contributed by atoms with E-state index in [4.69, 9.17) is 23.7 Å². The standard InChI is InChI=1S/C22H23NO11/c1-10(24)30-9-16-18(31-11(2)25)19(32-12(3)26)17(22(34-16)33-13(4)27)23-20(28)14-7-5-6-8-15(14)21(23)29/h5-8,16-19,22H,9H2,1-4H3/t16?,17-,18+,19?,22+/m0/s1. The lowest BCUT2D eigenvalue weighted by molar-refractivity contribution is -0.278. The van der Waals surface area contributed by atoms with E-state index in [1.54, 1.807) is 12.1 Å². The molecule has 2 aliphatic heterocycles. The summed E-state index contributed by atoms with van der Waals surface area (Å²) in [5.74, 6) is -4.64. The third-order valence-electron chi connectivity index (χ3n) is 5.08. The van der Waals surface area contributed by atoms with Gasteiger partial charge in [-0.15, -0.1) is 0 Å². The van der Waals surface area contributed by atoms with E-state index in [1.165, 1.54) is 12.1 Å². The molecule has 1 aromatic carbocycles. The molecule has 0 spiro atoms. The van der Waals surface area contributed by atoms with Crippen LogP contribution in [0.4, 0.5) is 0 Å². The second-order valence-electron chi connectivity index (χ2n) is 7.62. The Morgan fingerprint density at radius 1 is 0.794 bits per heavy atom. The van der Waals surface area contributed by atoms with Crippen molar-refractivity contribution in [1.82, 2.24) is 4.90 Å². The van der Waals surface area contributed by atoms with Crippen molar-refractivity contribution in [3.63, 3.8) is 0 Å². The first-order chi connectivity index (χ1) is 16.0. The highest BCUT2D eigenvalue weighted by Crippen LogP contribution is 2.35. The normalized spacial score (nSPS) is 25.9. The Labute approximate surface area is 194 Å². The minimum atomic E-state index is -1.63. The third-order valence-corrected chi connectivity index (χ3v) is 5.08. The number of imide groups is 1. The highest BCUT2D eigenvalue weighted by Gasteiger charge is 2.58. The summed E-state index contributed by atoms with van der Waals surface area (Å²) in [5.41, 5.74) is 0.170. The molecule has 2 heterocycles. The van der Waals surface area contributed by atoms with Crippen LogP contribution in [0.15, 0.2) is 24.3 Å². The van der Waals surface area contributed by atoms with Crippen molar-refractivity contribution < 1.29 is 52.5 Å². The maximum atomic E-state index is 13.2. The van der Waals surface area contributed by atoms with Gasteiger partial charge >= 0.3 is 23.9 Å². The molecule has 0 radical (unpaired) electrons. The first-order valence-electron chi connectivity index (χ1n) is 10.3. The summed E-state index contributed by atoms with van der Waals surface area (Å²) >= 11 is 0. The average molecular weight is 477 g/mol. The summed E-state index contributed by atoms with van der Waals surface area (Å²) < 4.78 is 26.7. The Bertz CT molecular complexity index is 1000. The monoisotopic (exact) mass is 477 g/mol. The molecule has 5 atom stereocenters. The molecule has 34 heavy (non-hydrogen) atoms. The Kier molecular flexibility index (Phi) is 7.30. The molecule has 0 aliphatic carbocycles. The van der Waals surface area contributed by atoms with Gasteiger partial charge in [0.25, 0.3) is 11.8 Å². The maximum Gasteiger partial charge on any atom is 0.305 e. The van der Waals surface area contributed by atoms with Gasteiger partial charge in [-0.25, -0.2) is 0 Å². The number of hydrogen-bond acceptors (Lipinski definition) is 11. The van der Waals surface area contributed by atoms with E-state index < -0.39 is 72.9 Å². The second-order valence-corrected chi connectivity index (χ2v) is 7.62. The number of amides is 2. The molecule has 1 saturated heterocycles. The summed E-state index contributed by atoms with van der Waals surface area (Å²) in [5, 5.41) is 0. The number of benzene rings is 1. The lowest BCUT2D eigenvalue weighted by Crippen LogP contribution is -2.67. The topological polar surface area (TPSA) is 152 Å². The van der Waals surface area contributed by atoms with Crippen LogP contribution in [0.5, 0.6) is 0 Å². The van der Waals surface area contributed by atoms with Crippen molar-refractivity contribution in [2.45, 2.75) is 58.3 Å². The van der Waals surface area contributed by atoms with E-state index in [0.29, 0.717) is 0 Å². The molecule has 12 heteroatoms. The minimum Gasteiger partial charge on any atom is -0.463 e. The van der Waals surface area contributed by atoms with Crippen molar-refractivity contribution in [3.05, 3.63) is 35.4 Å². The molecule has 0 N–H and O–H groups in total. The average Bonchev–Trinajstić information content (AvgIpc) is 2.98. The van der Waals surface area contributed by atoms with Crippen LogP contribution in [0.2, 0.25) is 0 Å². The van der Waals surface area contributed by atoms with Gasteiger partial charge in [-0.2, -0.15) is 0 Å². The zero-order valence-electron chi connectivity index (χ0n) is 18.8. The quantitative estimate of drug-likeness (QED) is 0.317. The number of nitrogens with zero attached hydrogens (tertiary/aromatic N) is 1. The number of esters is 4. The molecule has 2 amide bonds. The highest BCUT2D eigenvalue weighted by molar-refractivity contribution is 6.21. The summed E-state index contributed by atoms with van der Waals surface area (Å²) in [4.78, 5) is 74.2. The molecule has 0 bridgehead atoms. The van der Waals surface area contributed by atoms with Gasteiger partial charge in [0, 0.05) is 27.7 Å². The predicted octanol–water partition coefficient (Wildman–Crippen LogP) is 0.366.